The van der Waals surface area contributed by atoms with Crippen LogP contribution in [0, 0.1) is 5.41 Å². The van der Waals surface area contributed by atoms with Crippen molar-refractivity contribution in [2.24, 2.45) is 5.41 Å². The van der Waals surface area contributed by atoms with E-state index in [0.29, 0.717) is 29.2 Å². The topological polar surface area (TPSA) is 51.6 Å². The maximum Gasteiger partial charge on any atom is 0.184 e. The van der Waals surface area contributed by atoms with Crippen LogP contribution in [0.25, 0.3) is 10.2 Å². The molecule has 4 rings (SSSR count). The summed E-state index contributed by atoms with van der Waals surface area (Å²) >= 11 is 7.47. The molecule has 1 aromatic heterocycles. The molecule has 1 fully saturated rings. The van der Waals surface area contributed by atoms with Gasteiger partial charge in [-0.15, -0.1) is 0 Å². The van der Waals surface area contributed by atoms with Gasteiger partial charge in [0.15, 0.2) is 16.0 Å². The largest absolute Gasteiger partial charge is 0.486 e. The number of aliphatic hydroxyl groups excluding tert-OH is 1. The van der Waals surface area contributed by atoms with E-state index in [1.807, 2.05) is 6.07 Å². The molecule has 6 heteroatoms. The summed E-state index contributed by atoms with van der Waals surface area (Å²) in [6, 6.07) is 1.88. The lowest BCUT2D eigenvalue weighted by Crippen LogP contribution is -2.33. The smallest absolute Gasteiger partial charge is 0.184 e. The zero-order valence-electron chi connectivity index (χ0n) is 11.7. The minimum Gasteiger partial charge on any atom is -0.486 e. The van der Waals surface area contributed by atoms with Gasteiger partial charge < -0.3 is 14.6 Å². The number of benzene rings is 1. The third-order valence-corrected chi connectivity index (χ3v) is 5.79. The van der Waals surface area contributed by atoms with Crippen molar-refractivity contribution < 1.29 is 14.6 Å². The van der Waals surface area contributed by atoms with Gasteiger partial charge >= 0.3 is 0 Å². The number of rotatable bonds is 2. The fourth-order valence-electron chi connectivity index (χ4n) is 3.16. The molecule has 0 saturated heterocycles. The maximum absolute atomic E-state index is 10.8. The number of fused-ring (bicyclic) bond motifs is 3. The average Bonchev–Trinajstić information content (AvgIpc) is 2.85. The van der Waals surface area contributed by atoms with Crippen LogP contribution in [0.2, 0.25) is 4.47 Å². The zero-order valence-corrected chi connectivity index (χ0v) is 13.3. The molecule has 1 atom stereocenters. The zero-order chi connectivity index (χ0) is 14.6. The molecule has 21 heavy (non-hydrogen) atoms. The summed E-state index contributed by atoms with van der Waals surface area (Å²) in [6.45, 7) is 3.17. The van der Waals surface area contributed by atoms with Crippen LogP contribution in [0.5, 0.6) is 11.5 Å². The summed E-state index contributed by atoms with van der Waals surface area (Å²) < 4.78 is 12.7. The Morgan fingerprint density at radius 2 is 2.14 bits per heavy atom. The quantitative estimate of drug-likeness (QED) is 0.908. The van der Waals surface area contributed by atoms with E-state index in [0.717, 1.165) is 28.6 Å². The highest BCUT2D eigenvalue weighted by Gasteiger charge is 2.41. The molecule has 112 valence electrons. The fraction of sp³-hybridized carbons (Fsp3) is 0.533. The molecular formula is C15H16ClNO3S. The summed E-state index contributed by atoms with van der Waals surface area (Å²) in [6.07, 6.45) is 2.67. The van der Waals surface area contributed by atoms with Gasteiger partial charge in [-0.2, -0.15) is 0 Å². The molecule has 0 amide bonds. The Balaban J connectivity index is 1.92. The highest BCUT2D eigenvalue weighted by Crippen LogP contribution is 2.53. The van der Waals surface area contributed by atoms with E-state index >= 15 is 0 Å². The summed E-state index contributed by atoms with van der Waals surface area (Å²) in [7, 11) is 0. The number of aromatic nitrogens is 1. The molecular weight excluding hydrogens is 310 g/mol. The van der Waals surface area contributed by atoms with E-state index < -0.39 is 6.10 Å². The first kappa shape index (κ1) is 13.6. The number of ether oxygens (including phenoxy) is 2. The number of halogens is 1. The predicted molar refractivity (Wildman–Crippen MR) is 82.5 cm³/mol. The average molecular weight is 326 g/mol. The molecule has 0 bridgehead atoms. The van der Waals surface area contributed by atoms with Crippen LogP contribution < -0.4 is 9.47 Å². The Hall–Kier alpha value is -1.04. The normalized spacial score (nSPS) is 21.1. The Bertz CT molecular complexity index is 710. The number of hydrogen-bond acceptors (Lipinski definition) is 5. The monoisotopic (exact) mass is 325 g/mol. The molecule has 2 aliphatic rings. The summed E-state index contributed by atoms with van der Waals surface area (Å²) in [5, 5.41) is 10.8. The van der Waals surface area contributed by atoms with Crippen molar-refractivity contribution in [2.45, 2.75) is 32.3 Å². The highest BCUT2D eigenvalue weighted by atomic mass is 35.5. The molecule has 1 aliphatic carbocycles. The van der Waals surface area contributed by atoms with Crippen molar-refractivity contribution in [1.29, 1.82) is 0 Å². The second-order valence-corrected chi connectivity index (χ2v) is 7.63. The van der Waals surface area contributed by atoms with Gasteiger partial charge in [0.05, 0.1) is 11.6 Å². The summed E-state index contributed by atoms with van der Waals surface area (Å²) in [5.74, 6) is 1.39. The van der Waals surface area contributed by atoms with Crippen molar-refractivity contribution in [3.8, 4) is 11.5 Å². The minimum atomic E-state index is -0.553. The van der Waals surface area contributed by atoms with Crippen LogP contribution in [0.1, 0.15) is 37.9 Å². The Morgan fingerprint density at radius 3 is 2.86 bits per heavy atom. The first-order valence-electron chi connectivity index (χ1n) is 7.15. The van der Waals surface area contributed by atoms with Crippen LogP contribution in [0.4, 0.5) is 0 Å². The lowest BCUT2D eigenvalue weighted by Gasteiger charge is -2.42. The lowest BCUT2D eigenvalue weighted by molar-refractivity contribution is -0.0213. The van der Waals surface area contributed by atoms with Crippen LogP contribution in [0.3, 0.4) is 0 Å². The van der Waals surface area contributed by atoms with Crippen molar-refractivity contribution in [2.75, 3.05) is 13.2 Å². The van der Waals surface area contributed by atoms with Gasteiger partial charge in [0.1, 0.15) is 17.9 Å². The van der Waals surface area contributed by atoms with E-state index in [-0.39, 0.29) is 5.41 Å². The van der Waals surface area contributed by atoms with Crippen molar-refractivity contribution >= 4 is 33.2 Å². The van der Waals surface area contributed by atoms with Gasteiger partial charge in [-0.3, -0.25) is 0 Å². The highest BCUT2D eigenvalue weighted by molar-refractivity contribution is 7.22. The summed E-state index contributed by atoms with van der Waals surface area (Å²) in [5.41, 5.74) is 1.47. The molecule has 2 heterocycles. The van der Waals surface area contributed by atoms with Crippen LogP contribution in [-0.4, -0.2) is 23.3 Å². The molecule has 2 aromatic rings. The van der Waals surface area contributed by atoms with E-state index in [4.69, 9.17) is 21.1 Å². The Morgan fingerprint density at radius 1 is 1.38 bits per heavy atom. The number of thiazole rings is 1. The fourth-order valence-corrected chi connectivity index (χ4v) is 4.30. The van der Waals surface area contributed by atoms with Crippen LogP contribution >= 0.6 is 22.9 Å². The predicted octanol–water partition coefficient (Wildman–Crippen LogP) is 3.94. The first-order chi connectivity index (χ1) is 10.1. The second kappa shape index (κ2) is 4.73. The van der Waals surface area contributed by atoms with Gasteiger partial charge in [-0.05, 0) is 24.3 Å². The maximum atomic E-state index is 10.8. The van der Waals surface area contributed by atoms with Gasteiger partial charge in [0.25, 0.3) is 0 Å². The van der Waals surface area contributed by atoms with E-state index in [9.17, 15) is 5.11 Å². The van der Waals surface area contributed by atoms with Gasteiger partial charge in [-0.25, -0.2) is 4.98 Å². The van der Waals surface area contributed by atoms with Crippen molar-refractivity contribution in [3.05, 3.63) is 16.1 Å². The lowest BCUT2D eigenvalue weighted by atomic mass is 9.65. The summed E-state index contributed by atoms with van der Waals surface area (Å²) in [4.78, 5) is 4.40. The molecule has 0 spiro atoms. The molecule has 1 N–H and O–H groups in total. The number of aliphatic hydroxyl groups is 1. The first-order valence-corrected chi connectivity index (χ1v) is 8.34. The van der Waals surface area contributed by atoms with Gasteiger partial charge in [-0.1, -0.05) is 36.3 Å². The standard InChI is InChI=1S/C15H16ClNO3S/c1-15(3-2-4-15)13(18)8-7-9-11(20-6-5-19-9)12-10(8)17-14(16)21-12/h7,13,18H,2-6H2,1H3. The number of nitrogens with zero attached hydrogens (tertiary/aromatic N) is 1. The molecule has 0 radical (unpaired) electrons. The number of hydrogen-bond donors (Lipinski definition) is 1. The SMILES string of the molecule is CC1(C(O)c2cc3c(c4sc(Cl)nc24)OCCO3)CCC1. The molecule has 1 saturated carbocycles. The van der Waals surface area contributed by atoms with E-state index in [2.05, 4.69) is 11.9 Å². The Kier molecular flexibility index (Phi) is 3.07. The molecule has 1 unspecified atom stereocenters. The van der Waals surface area contributed by atoms with Crippen molar-refractivity contribution in [3.63, 3.8) is 0 Å². The van der Waals surface area contributed by atoms with E-state index in [1.165, 1.54) is 17.8 Å². The van der Waals surface area contributed by atoms with Crippen molar-refractivity contribution in [1.82, 2.24) is 4.98 Å². The van der Waals surface area contributed by atoms with Gasteiger partial charge in [0.2, 0.25) is 0 Å². The van der Waals surface area contributed by atoms with Gasteiger partial charge in [0, 0.05) is 5.56 Å². The third kappa shape index (κ3) is 2.02. The molecule has 1 aromatic carbocycles. The van der Waals surface area contributed by atoms with E-state index in [1.54, 1.807) is 0 Å². The second-order valence-electron chi connectivity index (χ2n) is 6.04. The third-order valence-electron chi connectivity index (χ3n) is 4.63. The minimum absolute atomic E-state index is 0.0766. The van der Waals surface area contributed by atoms with Crippen LogP contribution in [0.15, 0.2) is 6.07 Å². The molecule has 1 aliphatic heterocycles. The van der Waals surface area contributed by atoms with Crippen LogP contribution in [-0.2, 0) is 0 Å². The Labute approximate surface area is 131 Å². The molecule has 4 nitrogen and oxygen atoms in total.